The van der Waals surface area contributed by atoms with Gasteiger partial charge in [-0.3, -0.25) is 0 Å². The van der Waals surface area contributed by atoms with Gasteiger partial charge in [-0.1, -0.05) is 18.2 Å². The molecule has 0 aliphatic rings. The molecule has 2 unspecified atom stereocenters. The molecule has 23 heavy (non-hydrogen) atoms. The Kier molecular flexibility index (Phi) is 5.70. The summed E-state index contributed by atoms with van der Waals surface area (Å²) >= 11 is 0. The number of nitrogens with one attached hydrogen (secondary N) is 2. The SMILES string of the molecule is COCC(C)NC(=O)NC(c1ccccc1F)c1nccn1C. The predicted octanol–water partition coefficient (Wildman–Crippen LogP) is 1.98. The first-order valence-electron chi connectivity index (χ1n) is 7.30. The number of urea groups is 1. The Morgan fingerprint density at radius 1 is 1.39 bits per heavy atom. The fourth-order valence-corrected chi connectivity index (χ4v) is 2.33. The van der Waals surface area contributed by atoms with E-state index in [0.29, 0.717) is 18.0 Å². The molecular weight excluding hydrogens is 299 g/mol. The standard InChI is InChI=1S/C16H21FN4O2/c1-11(10-23-3)19-16(22)20-14(15-18-8-9-21(15)2)12-6-4-5-7-13(12)17/h4-9,11,14H,10H2,1-3H3,(H2,19,20,22). The third-order valence-corrected chi connectivity index (χ3v) is 3.40. The lowest BCUT2D eigenvalue weighted by Gasteiger charge is -2.21. The zero-order valence-electron chi connectivity index (χ0n) is 13.4. The fraction of sp³-hybridized carbons (Fsp3) is 0.375. The molecule has 0 radical (unpaired) electrons. The Labute approximate surface area is 134 Å². The van der Waals surface area contributed by atoms with Crippen LogP contribution in [-0.2, 0) is 11.8 Å². The van der Waals surface area contributed by atoms with Crippen molar-refractivity contribution in [3.05, 3.63) is 53.9 Å². The van der Waals surface area contributed by atoms with Gasteiger partial charge in [-0.15, -0.1) is 0 Å². The number of hydrogen-bond acceptors (Lipinski definition) is 3. The average Bonchev–Trinajstić information content (AvgIpc) is 2.92. The van der Waals surface area contributed by atoms with E-state index < -0.39 is 17.9 Å². The largest absolute Gasteiger partial charge is 0.383 e. The van der Waals surface area contributed by atoms with Gasteiger partial charge in [0.25, 0.3) is 0 Å². The first-order valence-corrected chi connectivity index (χ1v) is 7.30. The van der Waals surface area contributed by atoms with Gasteiger partial charge in [0.1, 0.15) is 17.7 Å². The number of carbonyl (C=O) groups excluding carboxylic acids is 1. The van der Waals surface area contributed by atoms with Gasteiger partial charge in [0.05, 0.1) is 12.6 Å². The fourth-order valence-electron chi connectivity index (χ4n) is 2.33. The van der Waals surface area contributed by atoms with Crippen molar-refractivity contribution in [2.45, 2.75) is 19.0 Å². The van der Waals surface area contributed by atoms with Crippen LogP contribution < -0.4 is 10.6 Å². The number of imidazole rings is 1. The first kappa shape index (κ1) is 17.0. The third kappa shape index (κ3) is 4.29. The summed E-state index contributed by atoms with van der Waals surface area (Å²) in [5.41, 5.74) is 0.358. The lowest BCUT2D eigenvalue weighted by molar-refractivity contribution is 0.170. The lowest BCUT2D eigenvalue weighted by atomic mass is 10.1. The van der Waals surface area contributed by atoms with Gasteiger partial charge in [0.2, 0.25) is 0 Å². The van der Waals surface area contributed by atoms with Crippen molar-refractivity contribution in [2.75, 3.05) is 13.7 Å². The van der Waals surface area contributed by atoms with E-state index >= 15 is 0 Å². The molecule has 6 nitrogen and oxygen atoms in total. The zero-order chi connectivity index (χ0) is 16.8. The summed E-state index contributed by atoms with van der Waals surface area (Å²) < 4.78 is 20.9. The minimum Gasteiger partial charge on any atom is -0.383 e. The molecule has 124 valence electrons. The number of rotatable bonds is 6. The number of halogens is 1. The number of aryl methyl sites for hydroxylation is 1. The number of nitrogens with zero attached hydrogens (tertiary/aromatic N) is 2. The van der Waals surface area contributed by atoms with Crippen molar-refractivity contribution in [1.29, 1.82) is 0 Å². The van der Waals surface area contributed by atoms with E-state index in [0.717, 1.165) is 0 Å². The van der Waals surface area contributed by atoms with Crippen LogP contribution in [0.5, 0.6) is 0 Å². The molecule has 2 amide bonds. The highest BCUT2D eigenvalue weighted by molar-refractivity contribution is 5.75. The van der Waals surface area contributed by atoms with Crippen LogP contribution in [0.2, 0.25) is 0 Å². The Morgan fingerprint density at radius 2 is 2.13 bits per heavy atom. The maximum absolute atomic E-state index is 14.2. The summed E-state index contributed by atoms with van der Waals surface area (Å²) in [7, 11) is 3.36. The van der Waals surface area contributed by atoms with Gasteiger partial charge in [-0.2, -0.15) is 0 Å². The van der Waals surface area contributed by atoms with Crippen LogP contribution in [0.15, 0.2) is 36.7 Å². The second kappa shape index (κ2) is 7.73. The molecule has 0 saturated heterocycles. The van der Waals surface area contributed by atoms with E-state index in [1.165, 1.54) is 6.07 Å². The molecule has 1 heterocycles. The third-order valence-electron chi connectivity index (χ3n) is 3.40. The quantitative estimate of drug-likeness (QED) is 0.855. The van der Waals surface area contributed by atoms with Gasteiger partial charge in [-0.05, 0) is 13.0 Å². The van der Waals surface area contributed by atoms with E-state index in [4.69, 9.17) is 4.74 Å². The van der Waals surface area contributed by atoms with Crippen molar-refractivity contribution < 1.29 is 13.9 Å². The van der Waals surface area contributed by atoms with Crippen molar-refractivity contribution in [3.8, 4) is 0 Å². The molecule has 0 fully saturated rings. The molecule has 2 aromatic rings. The highest BCUT2D eigenvalue weighted by Crippen LogP contribution is 2.22. The summed E-state index contributed by atoms with van der Waals surface area (Å²) in [5, 5.41) is 5.53. The minimum atomic E-state index is -0.689. The van der Waals surface area contributed by atoms with Crippen LogP contribution in [0.3, 0.4) is 0 Å². The lowest BCUT2D eigenvalue weighted by Crippen LogP contribution is -2.44. The van der Waals surface area contributed by atoms with E-state index in [9.17, 15) is 9.18 Å². The normalized spacial score (nSPS) is 13.4. The summed E-state index contributed by atoms with van der Waals surface area (Å²) in [6, 6.07) is 5.06. The second-order valence-corrected chi connectivity index (χ2v) is 5.33. The molecule has 1 aromatic heterocycles. The van der Waals surface area contributed by atoms with Crippen LogP contribution in [-0.4, -0.2) is 35.3 Å². The predicted molar refractivity (Wildman–Crippen MR) is 84.5 cm³/mol. The molecule has 2 atom stereocenters. The molecule has 0 spiro atoms. The number of hydrogen-bond donors (Lipinski definition) is 2. The maximum Gasteiger partial charge on any atom is 0.315 e. The van der Waals surface area contributed by atoms with Crippen LogP contribution >= 0.6 is 0 Å². The van der Waals surface area contributed by atoms with Crippen molar-refractivity contribution >= 4 is 6.03 Å². The number of aromatic nitrogens is 2. The molecule has 0 bridgehead atoms. The van der Waals surface area contributed by atoms with Gasteiger partial charge in [0.15, 0.2) is 0 Å². The van der Waals surface area contributed by atoms with Gasteiger partial charge < -0.3 is 19.9 Å². The Balaban J connectivity index is 2.24. The van der Waals surface area contributed by atoms with Gasteiger partial charge in [0, 0.05) is 32.1 Å². The maximum atomic E-state index is 14.2. The average molecular weight is 320 g/mol. The van der Waals surface area contributed by atoms with Crippen LogP contribution in [0.1, 0.15) is 24.4 Å². The number of methoxy groups -OCH3 is 1. The van der Waals surface area contributed by atoms with Gasteiger partial charge >= 0.3 is 6.03 Å². The van der Waals surface area contributed by atoms with E-state index in [-0.39, 0.29) is 6.04 Å². The van der Waals surface area contributed by atoms with E-state index in [2.05, 4.69) is 15.6 Å². The topological polar surface area (TPSA) is 68.2 Å². The summed E-state index contributed by atoms with van der Waals surface area (Å²) in [6.45, 7) is 2.21. The van der Waals surface area contributed by atoms with Crippen LogP contribution in [0.25, 0.3) is 0 Å². The number of amides is 2. The van der Waals surface area contributed by atoms with Crippen LogP contribution in [0.4, 0.5) is 9.18 Å². The van der Waals surface area contributed by atoms with Crippen molar-refractivity contribution in [1.82, 2.24) is 20.2 Å². The van der Waals surface area contributed by atoms with Crippen LogP contribution in [0, 0.1) is 5.82 Å². The van der Waals surface area contributed by atoms with Gasteiger partial charge in [-0.25, -0.2) is 14.2 Å². The summed E-state index contributed by atoms with van der Waals surface area (Å²) in [6.07, 6.45) is 3.35. The monoisotopic (exact) mass is 320 g/mol. The number of carbonyl (C=O) groups is 1. The highest BCUT2D eigenvalue weighted by atomic mass is 19.1. The summed E-state index contributed by atoms with van der Waals surface area (Å²) in [4.78, 5) is 16.4. The molecule has 2 N–H and O–H groups in total. The molecular formula is C16H21FN4O2. The molecule has 1 aromatic carbocycles. The second-order valence-electron chi connectivity index (χ2n) is 5.33. The Morgan fingerprint density at radius 3 is 2.74 bits per heavy atom. The molecule has 2 rings (SSSR count). The Hall–Kier alpha value is -2.41. The zero-order valence-corrected chi connectivity index (χ0v) is 13.4. The number of benzene rings is 1. The van der Waals surface area contributed by atoms with Crippen molar-refractivity contribution in [2.24, 2.45) is 7.05 Å². The number of ether oxygens (including phenoxy) is 1. The van der Waals surface area contributed by atoms with Crippen molar-refractivity contribution in [3.63, 3.8) is 0 Å². The molecule has 0 saturated carbocycles. The van der Waals surface area contributed by atoms with E-state index in [1.807, 2.05) is 6.92 Å². The smallest absolute Gasteiger partial charge is 0.315 e. The first-order chi connectivity index (χ1) is 11.0. The molecule has 0 aliphatic carbocycles. The highest BCUT2D eigenvalue weighted by Gasteiger charge is 2.23. The minimum absolute atomic E-state index is 0.164. The Bertz CT molecular complexity index is 659. The molecule has 7 heteroatoms. The van der Waals surface area contributed by atoms with E-state index in [1.54, 1.807) is 49.3 Å². The summed E-state index contributed by atoms with van der Waals surface area (Å²) in [5.74, 6) is 0.149. The molecule has 0 aliphatic heterocycles.